The number of hydrogen-bond acceptors (Lipinski definition) is 3. The van der Waals surface area contributed by atoms with Gasteiger partial charge in [0.05, 0.1) is 27.6 Å². The van der Waals surface area contributed by atoms with Gasteiger partial charge in [-0.3, -0.25) is 0 Å². The van der Waals surface area contributed by atoms with Gasteiger partial charge in [0.2, 0.25) is 0 Å². The van der Waals surface area contributed by atoms with Gasteiger partial charge in [0.15, 0.2) is 0 Å². The number of ether oxygens (including phenoxy) is 2. The molecule has 0 N–H and O–H groups in total. The van der Waals surface area contributed by atoms with Crippen LogP contribution in [-0.2, 0) is 13.2 Å². The first-order valence-electron chi connectivity index (χ1n) is 8.91. The molecule has 0 atom stereocenters. The predicted octanol–water partition coefficient (Wildman–Crippen LogP) is 6.00. The van der Waals surface area contributed by atoms with Crippen molar-refractivity contribution in [3.8, 4) is 11.5 Å². The average Bonchev–Trinajstić information content (AvgIpc) is 3.06. The lowest BCUT2D eigenvalue weighted by Gasteiger charge is -2.12. The Kier molecular flexibility index (Phi) is 5.70. The molecule has 1 aromatic heterocycles. The minimum atomic E-state index is 0.310. The number of nitrogens with zero attached hydrogens (tertiary/aromatic N) is 2. The normalized spacial score (nSPS) is 10.9. The van der Waals surface area contributed by atoms with Crippen molar-refractivity contribution in [2.24, 2.45) is 0 Å². The molecule has 4 aromatic rings. The van der Waals surface area contributed by atoms with Crippen LogP contribution in [0.15, 0.2) is 72.8 Å². The van der Waals surface area contributed by atoms with Crippen LogP contribution in [0.25, 0.3) is 11.0 Å². The highest BCUT2D eigenvalue weighted by molar-refractivity contribution is 6.32. The molecule has 4 rings (SSSR count). The average molecular weight is 413 g/mol. The Morgan fingerprint density at radius 1 is 0.750 bits per heavy atom. The Hall–Kier alpha value is -2.69. The van der Waals surface area contributed by atoms with E-state index in [1.54, 1.807) is 6.07 Å². The Labute approximate surface area is 173 Å². The third-order valence-electron chi connectivity index (χ3n) is 4.34. The Balaban J connectivity index is 1.53. The highest BCUT2D eigenvalue weighted by Gasteiger charge is 2.12. The molecule has 28 heavy (non-hydrogen) atoms. The zero-order valence-corrected chi connectivity index (χ0v) is 16.5. The first-order valence-corrected chi connectivity index (χ1v) is 9.67. The van der Waals surface area contributed by atoms with Crippen LogP contribution in [0.1, 0.15) is 5.82 Å². The smallest absolute Gasteiger partial charge is 0.148 e. The summed E-state index contributed by atoms with van der Waals surface area (Å²) in [5.74, 6) is 2.11. The van der Waals surface area contributed by atoms with Crippen LogP contribution in [-0.4, -0.2) is 16.2 Å². The van der Waals surface area contributed by atoms with Gasteiger partial charge in [-0.05, 0) is 36.4 Å². The van der Waals surface area contributed by atoms with Crippen molar-refractivity contribution in [3.05, 3.63) is 88.7 Å². The second-order valence-corrected chi connectivity index (χ2v) is 6.98. The molecule has 0 aliphatic rings. The predicted molar refractivity (Wildman–Crippen MR) is 112 cm³/mol. The van der Waals surface area contributed by atoms with Gasteiger partial charge in [0, 0.05) is 0 Å². The zero-order valence-electron chi connectivity index (χ0n) is 15.0. The van der Waals surface area contributed by atoms with Crippen molar-refractivity contribution >= 4 is 34.2 Å². The summed E-state index contributed by atoms with van der Waals surface area (Å²) in [6.45, 7) is 1.39. The van der Waals surface area contributed by atoms with Gasteiger partial charge in [-0.25, -0.2) is 4.98 Å². The Morgan fingerprint density at radius 2 is 1.36 bits per heavy atom. The van der Waals surface area contributed by atoms with E-state index in [2.05, 4.69) is 4.57 Å². The molecule has 6 heteroatoms. The standard InChI is InChI=1S/C22H18Cl2N2O2/c23-16-7-1-5-11-20(16)27-14-13-26-19-10-4-3-9-18(19)25-22(26)15-28-21-12-6-2-8-17(21)24/h1-12H,13-15H2. The molecule has 0 fully saturated rings. The fraction of sp³-hybridized carbons (Fsp3) is 0.136. The van der Waals surface area contributed by atoms with Crippen LogP contribution in [0.2, 0.25) is 10.0 Å². The number of halogens is 2. The molecule has 4 nitrogen and oxygen atoms in total. The van der Waals surface area contributed by atoms with Crippen LogP contribution < -0.4 is 9.47 Å². The van der Waals surface area contributed by atoms with E-state index in [1.807, 2.05) is 66.7 Å². The number of benzene rings is 3. The molecule has 0 saturated heterocycles. The Bertz CT molecular complexity index is 1090. The van der Waals surface area contributed by atoms with Gasteiger partial charge >= 0.3 is 0 Å². The molecule has 0 aliphatic carbocycles. The molecular formula is C22H18Cl2N2O2. The fourth-order valence-corrected chi connectivity index (χ4v) is 3.38. The third kappa shape index (κ3) is 4.08. The van der Waals surface area contributed by atoms with Crippen LogP contribution >= 0.6 is 23.2 Å². The molecule has 0 spiro atoms. The second kappa shape index (κ2) is 8.55. The summed E-state index contributed by atoms with van der Waals surface area (Å²) < 4.78 is 13.9. The van der Waals surface area contributed by atoms with Crippen molar-refractivity contribution in [2.75, 3.05) is 6.61 Å². The summed E-state index contributed by atoms with van der Waals surface area (Å²) in [5, 5.41) is 1.17. The van der Waals surface area contributed by atoms with E-state index < -0.39 is 0 Å². The summed E-state index contributed by atoms with van der Waals surface area (Å²) in [6, 6.07) is 22.8. The lowest BCUT2D eigenvalue weighted by Crippen LogP contribution is -2.13. The van der Waals surface area contributed by atoms with Crippen molar-refractivity contribution in [2.45, 2.75) is 13.2 Å². The van der Waals surface area contributed by atoms with Crippen LogP contribution in [0.5, 0.6) is 11.5 Å². The quantitative estimate of drug-likeness (QED) is 0.373. The molecule has 0 amide bonds. The van der Waals surface area contributed by atoms with Crippen molar-refractivity contribution in [1.29, 1.82) is 0 Å². The fourth-order valence-electron chi connectivity index (χ4n) is 3.00. The van der Waals surface area contributed by atoms with E-state index in [1.165, 1.54) is 0 Å². The lowest BCUT2D eigenvalue weighted by molar-refractivity contribution is 0.272. The van der Waals surface area contributed by atoms with E-state index in [4.69, 9.17) is 37.7 Å². The lowest BCUT2D eigenvalue weighted by atomic mass is 10.3. The number of imidazole rings is 1. The van der Waals surface area contributed by atoms with E-state index in [0.717, 1.165) is 16.9 Å². The summed E-state index contributed by atoms with van der Waals surface area (Å²) in [6.07, 6.45) is 0. The molecule has 0 radical (unpaired) electrons. The largest absolute Gasteiger partial charge is 0.490 e. The number of rotatable bonds is 7. The summed E-state index contributed by atoms with van der Waals surface area (Å²) in [5.41, 5.74) is 1.95. The highest BCUT2D eigenvalue weighted by Crippen LogP contribution is 2.26. The molecule has 142 valence electrons. The Morgan fingerprint density at radius 3 is 2.07 bits per heavy atom. The van der Waals surface area contributed by atoms with Crippen molar-refractivity contribution in [1.82, 2.24) is 9.55 Å². The first-order chi connectivity index (χ1) is 13.7. The van der Waals surface area contributed by atoms with Crippen LogP contribution in [0.4, 0.5) is 0 Å². The molecule has 0 unspecified atom stereocenters. The molecule has 3 aromatic carbocycles. The highest BCUT2D eigenvalue weighted by atomic mass is 35.5. The SMILES string of the molecule is Clc1ccccc1OCCn1c(COc2ccccc2Cl)nc2ccccc21. The van der Waals surface area contributed by atoms with Gasteiger partial charge in [-0.1, -0.05) is 59.6 Å². The van der Waals surface area contributed by atoms with E-state index in [9.17, 15) is 0 Å². The van der Waals surface area contributed by atoms with E-state index in [0.29, 0.717) is 41.3 Å². The van der Waals surface area contributed by atoms with Crippen molar-refractivity contribution < 1.29 is 9.47 Å². The maximum atomic E-state index is 6.19. The minimum absolute atomic E-state index is 0.310. The number of fused-ring (bicyclic) bond motifs is 1. The van der Waals surface area contributed by atoms with Gasteiger partial charge in [0.25, 0.3) is 0 Å². The first kappa shape index (κ1) is 18.7. The molecule has 0 aliphatic heterocycles. The van der Waals surface area contributed by atoms with Crippen LogP contribution in [0, 0.1) is 0 Å². The third-order valence-corrected chi connectivity index (χ3v) is 4.96. The number of para-hydroxylation sites is 4. The zero-order chi connectivity index (χ0) is 19.3. The maximum Gasteiger partial charge on any atom is 0.148 e. The number of aromatic nitrogens is 2. The maximum absolute atomic E-state index is 6.19. The summed E-state index contributed by atoms with van der Waals surface area (Å²) >= 11 is 12.4. The molecular weight excluding hydrogens is 395 g/mol. The van der Waals surface area contributed by atoms with E-state index >= 15 is 0 Å². The van der Waals surface area contributed by atoms with Crippen LogP contribution in [0.3, 0.4) is 0 Å². The number of hydrogen-bond donors (Lipinski definition) is 0. The molecule has 0 saturated carbocycles. The minimum Gasteiger partial charge on any atom is -0.490 e. The second-order valence-electron chi connectivity index (χ2n) is 6.17. The van der Waals surface area contributed by atoms with E-state index in [-0.39, 0.29) is 0 Å². The van der Waals surface area contributed by atoms with Gasteiger partial charge in [0.1, 0.15) is 30.5 Å². The monoisotopic (exact) mass is 412 g/mol. The van der Waals surface area contributed by atoms with Gasteiger partial charge in [-0.15, -0.1) is 0 Å². The summed E-state index contributed by atoms with van der Waals surface area (Å²) in [7, 11) is 0. The molecule has 1 heterocycles. The topological polar surface area (TPSA) is 36.3 Å². The van der Waals surface area contributed by atoms with Gasteiger partial charge in [-0.2, -0.15) is 0 Å². The molecule has 0 bridgehead atoms. The van der Waals surface area contributed by atoms with Gasteiger partial charge < -0.3 is 14.0 Å². The summed E-state index contributed by atoms with van der Waals surface area (Å²) in [4.78, 5) is 4.71. The van der Waals surface area contributed by atoms with Crippen molar-refractivity contribution in [3.63, 3.8) is 0 Å².